The highest BCUT2D eigenvalue weighted by molar-refractivity contribution is 7.95. The molecule has 6 nitrogen and oxygen atoms in total. The number of rotatable bonds is 5. The highest BCUT2D eigenvalue weighted by atomic mass is 32.2. The lowest BCUT2D eigenvalue weighted by molar-refractivity contribution is 0.0601. The van der Waals surface area contributed by atoms with Gasteiger partial charge in [-0.3, -0.25) is 4.31 Å². The minimum absolute atomic E-state index is 0.221. The van der Waals surface area contributed by atoms with Gasteiger partial charge in [0.25, 0.3) is 10.0 Å². The molecule has 21 heavy (non-hydrogen) atoms. The molecule has 0 amide bonds. The van der Waals surface area contributed by atoms with Crippen molar-refractivity contribution in [1.29, 1.82) is 0 Å². The maximum absolute atomic E-state index is 12.1. The summed E-state index contributed by atoms with van der Waals surface area (Å²) in [7, 11) is -2.37. The number of H-pyrrole nitrogens is 1. The topological polar surface area (TPSA) is 79.5 Å². The van der Waals surface area contributed by atoms with Gasteiger partial charge in [0.2, 0.25) is 0 Å². The van der Waals surface area contributed by atoms with Crippen LogP contribution in [0.15, 0.2) is 36.4 Å². The van der Waals surface area contributed by atoms with E-state index in [1.165, 1.54) is 17.5 Å². The molecule has 0 aliphatic rings. The van der Waals surface area contributed by atoms with Crippen molar-refractivity contribution in [2.75, 3.05) is 18.0 Å². The van der Waals surface area contributed by atoms with E-state index in [0.29, 0.717) is 16.6 Å². The van der Waals surface area contributed by atoms with Crippen molar-refractivity contribution in [2.45, 2.75) is 6.92 Å². The third kappa shape index (κ3) is 2.64. The van der Waals surface area contributed by atoms with Crippen molar-refractivity contribution in [3.63, 3.8) is 0 Å². The first-order chi connectivity index (χ1) is 9.94. The first-order valence-corrected chi connectivity index (χ1v) is 7.79. The molecule has 0 saturated heterocycles. The lowest BCUT2D eigenvalue weighted by Gasteiger charge is -2.22. The number of carbonyl (C=O) groups is 1. The van der Waals surface area contributed by atoms with Crippen LogP contribution in [0, 0.1) is 0 Å². The number of esters is 1. The molecule has 0 radical (unpaired) electrons. The van der Waals surface area contributed by atoms with Crippen LogP contribution < -0.4 is 4.31 Å². The van der Waals surface area contributed by atoms with Crippen LogP contribution in [0.1, 0.15) is 17.3 Å². The van der Waals surface area contributed by atoms with Crippen molar-refractivity contribution in [3.8, 4) is 0 Å². The third-order valence-corrected chi connectivity index (χ3v) is 4.63. The molecular weight excluding hydrogens is 292 g/mol. The summed E-state index contributed by atoms with van der Waals surface area (Å²) in [4.78, 5) is 14.7. The number of benzene rings is 1. The predicted octanol–water partition coefficient (Wildman–Crippen LogP) is 2.25. The number of hydrogen-bond donors (Lipinski definition) is 1. The van der Waals surface area contributed by atoms with Crippen LogP contribution in [0.2, 0.25) is 0 Å². The van der Waals surface area contributed by atoms with E-state index in [1.54, 1.807) is 25.3 Å². The Labute approximate surface area is 123 Å². The molecule has 0 aliphatic heterocycles. The molecule has 1 N–H and O–H groups in total. The zero-order valence-electron chi connectivity index (χ0n) is 11.8. The number of aromatic nitrogens is 1. The summed E-state index contributed by atoms with van der Waals surface area (Å²) < 4.78 is 30.2. The standard InChI is InChI=1S/C14H16N2O4S/c1-4-16(21(18,19)5-2)13-9-10(14(17)20-3)8-12-11(13)6-7-15-12/h5-9,15H,2,4H2,1,3H3. The maximum Gasteiger partial charge on any atom is 0.337 e. The molecule has 0 fully saturated rings. The summed E-state index contributed by atoms with van der Waals surface area (Å²) in [6.45, 7) is 5.27. The van der Waals surface area contributed by atoms with Gasteiger partial charge < -0.3 is 9.72 Å². The Morgan fingerprint density at radius 3 is 2.76 bits per heavy atom. The second kappa shape index (κ2) is 5.61. The smallest absolute Gasteiger partial charge is 0.337 e. The van der Waals surface area contributed by atoms with Gasteiger partial charge in [-0.25, -0.2) is 13.2 Å². The number of anilines is 1. The first-order valence-electron chi connectivity index (χ1n) is 6.29. The normalized spacial score (nSPS) is 11.3. The molecule has 0 spiro atoms. The molecule has 0 bridgehead atoms. The number of sulfonamides is 1. The van der Waals surface area contributed by atoms with Gasteiger partial charge in [0.1, 0.15) is 0 Å². The monoisotopic (exact) mass is 308 g/mol. The average Bonchev–Trinajstić information content (AvgIpc) is 2.95. The molecule has 1 heterocycles. The van der Waals surface area contributed by atoms with Gasteiger partial charge in [0, 0.05) is 29.1 Å². The largest absolute Gasteiger partial charge is 0.465 e. The van der Waals surface area contributed by atoms with Crippen LogP contribution in [0.5, 0.6) is 0 Å². The van der Waals surface area contributed by atoms with E-state index >= 15 is 0 Å². The number of carbonyl (C=O) groups excluding carboxylic acids is 1. The molecule has 1 aromatic carbocycles. The van der Waals surface area contributed by atoms with E-state index in [2.05, 4.69) is 11.6 Å². The van der Waals surface area contributed by atoms with Crippen LogP contribution in [0.25, 0.3) is 10.9 Å². The Morgan fingerprint density at radius 1 is 1.48 bits per heavy atom. The SMILES string of the molecule is C=CS(=O)(=O)N(CC)c1cc(C(=O)OC)cc2[nH]ccc12. The van der Waals surface area contributed by atoms with Gasteiger partial charge >= 0.3 is 5.97 Å². The molecule has 0 atom stereocenters. The Morgan fingerprint density at radius 2 is 2.19 bits per heavy atom. The second-order valence-electron chi connectivity index (χ2n) is 4.30. The number of ether oxygens (including phenoxy) is 1. The lowest BCUT2D eigenvalue weighted by Crippen LogP contribution is -2.29. The molecule has 2 rings (SSSR count). The minimum atomic E-state index is -3.65. The summed E-state index contributed by atoms with van der Waals surface area (Å²) in [6.07, 6.45) is 1.68. The van der Waals surface area contributed by atoms with Crippen LogP contribution in [0.4, 0.5) is 5.69 Å². The summed E-state index contributed by atoms with van der Waals surface area (Å²) in [5, 5.41) is 1.59. The van der Waals surface area contributed by atoms with E-state index in [-0.39, 0.29) is 12.1 Å². The molecule has 2 aromatic rings. The van der Waals surface area contributed by atoms with Gasteiger partial charge in [0.05, 0.1) is 18.4 Å². The van der Waals surface area contributed by atoms with Crippen molar-refractivity contribution in [3.05, 3.63) is 41.9 Å². The van der Waals surface area contributed by atoms with Crippen LogP contribution in [0.3, 0.4) is 0 Å². The molecular formula is C14H16N2O4S. The number of nitrogens with zero attached hydrogens (tertiary/aromatic N) is 1. The van der Waals surface area contributed by atoms with Crippen molar-refractivity contribution in [2.24, 2.45) is 0 Å². The third-order valence-electron chi connectivity index (χ3n) is 3.14. The van der Waals surface area contributed by atoms with Gasteiger partial charge in [-0.2, -0.15) is 0 Å². The summed E-state index contributed by atoms with van der Waals surface area (Å²) in [6, 6.07) is 4.89. The van der Waals surface area contributed by atoms with Gasteiger partial charge in [-0.15, -0.1) is 0 Å². The fourth-order valence-corrected chi connectivity index (χ4v) is 3.13. The van der Waals surface area contributed by atoms with Gasteiger partial charge in [-0.1, -0.05) is 6.58 Å². The lowest BCUT2D eigenvalue weighted by atomic mass is 10.1. The van der Waals surface area contributed by atoms with Gasteiger partial charge in [0.15, 0.2) is 0 Å². The Hall–Kier alpha value is -2.28. The second-order valence-corrected chi connectivity index (χ2v) is 6.11. The van der Waals surface area contributed by atoms with E-state index < -0.39 is 16.0 Å². The van der Waals surface area contributed by atoms with E-state index in [4.69, 9.17) is 4.74 Å². The molecule has 0 saturated carbocycles. The van der Waals surface area contributed by atoms with Crippen LogP contribution in [-0.2, 0) is 14.8 Å². The van der Waals surface area contributed by atoms with Crippen molar-refractivity contribution < 1.29 is 17.9 Å². The number of methoxy groups -OCH3 is 1. The fourth-order valence-electron chi connectivity index (χ4n) is 2.17. The molecule has 0 unspecified atom stereocenters. The zero-order chi connectivity index (χ0) is 15.6. The zero-order valence-corrected chi connectivity index (χ0v) is 12.6. The van der Waals surface area contributed by atoms with Crippen molar-refractivity contribution >= 4 is 32.6 Å². The summed E-state index contributed by atoms with van der Waals surface area (Å²) in [5.41, 5.74) is 1.35. The molecule has 1 aromatic heterocycles. The summed E-state index contributed by atoms with van der Waals surface area (Å²) in [5.74, 6) is -0.528. The van der Waals surface area contributed by atoms with Gasteiger partial charge in [-0.05, 0) is 25.1 Å². The predicted molar refractivity (Wildman–Crippen MR) is 81.8 cm³/mol. The summed E-state index contributed by atoms with van der Waals surface area (Å²) >= 11 is 0. The maximum atomic E-state index is 12.1. The van der Waals surface area contributed by atoms with E-state index in [1.807, 2.05) is 0 Å². The Balaban J connectivity index is 2.74. The minimum Gasteiger partial charge on any atom is -0.465 e. The fraction of sp³-hybridized carbons (Fsp3) is 0.214. The average molecular weight is 308 g/mol. The number of aromatic amines is 1. The van der Waals surface area contributed by atoms with Crippen molar-refractivity contribution in [1.82, 2.24) is 4.98 Å². The Kier molecular flexibility index (Phi) is 4.04. The molecule has 7 heteroatoms. The Bertz CT molecular complexity index is 792. The molecule has 112 valence electrons. The van der Waals surface area contributed by atoms with Crippen LogP contribution in [-0.4, -0.2) is 33.0 Å². The highest BCUT2D eigenvalue weighted by Crippen LogP contribution is 2.30. The highest BCUT2D eigenvalue weighted by Gasteiger charge is 2.22. The van der Waals surface area contributed by atoms with E-state index in [0.717, 1.165) is 5.41 Å². The van der Waals surface area contributed by atoms with E-state index in [9.17, 15) is 13.2 Å². The molecule has 0 aliphatic carbocycles. The van der Waals surface area contributed by atoms with Crippen LogP contribution >= 0.6 is 0 Å². The quantitative estimate of drug-likeness (QED) is 0.859. The number of nitrogens with one attached hydrogen (secondary N) is 1. The number of fused-ring (bicyclic) bond motifs is 1. The number of hydrogen-bond acceptors (Lipinski definition) is 4. The first kappa shape index (κ1) is 15.1.